The van der Waals surface area contributed by atoms with Crippen molar-refractivity contribution in [3.8, 4) is 5.69 Å². The van der Waals surface area contributed by atoms with Crippen molar-refractivity contribution >= 4 is 33.5 Å². The first-order valence-corrected chi connectivity index (χ1v) is 11.8. The van der Waals surface area contributed by atoms with Gasteiger partial charge in [-0.3, -0.25) is 14.2 Å². The number of nitrogens with one attached hydrogen (secondary N) is 1. The molecule has 2 aromatic heterocycles. The molecule has 2 heterocycles. The average molecular weight is 481 g/mol. The Kier molecular flexibility index (Phi) is 5.63. The van der Waals surface area contributed by atoms with Crippen molar-refractivity contribution in [1.82, 2.24) is 13.7 Å². The molecule has 0 radical (unpaired) electrons. The zero-order valence-corrected chi connectivity index (χ0v) is 21.0. The minimum atomic E-state index is -0.555. The summed E-state index contributed by atoms with van der Waals surface area (Å²) in [6.45, 7) is 7.66. The third kappa shape index (κ3) is 3.82. The molecular formula is C29H28N4O3. The number of aryl methyl sites for hydroxylation is 5. The lowest BCUT2D eigenvalue weighted by Crippen LogP contribution is -2.41. The lowest BCUT2D eigenvalue weighted by Gasteiger charge is -2.14. The number of rotatable bonds is 4. The fourth-order valence-electron chi connectivity index (χ4n) is 4.70. The average Bonchev–Trinajstić information content (AvgIpc) is 3.12. The van der Waals surface area contributed by atoms with Gasteiger partial charge in [0, 0.05) is 18.1 Å². The summed E-state index contributed by atoms with van der Waals surface area (Å²) < 4.78 is 4.36. The van der Waals surface area contributed by atoms with E-state index in [0.717, 1.165) is 37.7 Å². The Morgan fingerprint density at radius 3 is 2.19 bits per heavy atom. The summed E-state index contributed by atoms with van der Waals surface area (Å²) >= 11 is 0. The molecule has 0 fully saturated rings. The third-order valence-corrected chi connectivity index (χ3v) is 6.81. The van der Waals surface area contributed by atoms with Crippen LogP contribution in [0.5, 0.6) is 0 Å². The molecule has 0 saturated heterocycles. The molecule has 0 unspecified atom stereocenters. The zero-order valence-electron chi connectivity index (χ0n) is 21.0. The number of benzene rings is 3. The molecule has 7 nitrogen and oxygen atoms in total. The van der Waals surface area contributed by atoms with Crippen LogP contribution in [0, 0.1) is 27.7 Å². The van der Waals surface area contributed by atoms with E-state index >= 15 is 0 Å². The smallest absolute Gasteiger partial charge is 0.336 e. The fourth-order valence-corrected chi connectivity index (χ4v) is 4.70. The number of carbonyl (C=O) groups excluding carboxylic acids is 1. The van der Waals surface area contributed by atoms with Crippen LogP contribution in [-0.2, 0) is 18.4 Å². The van der Waals surface area contributed by atoms with Gasteiger partial charge in [-0.15, -0.1) is 0 Å². The zero-order chi connectivity index (χ0) is 25.7. The molecule has 36 heavy (non-hydrogen) atoms. The van der Waals surface area contributed by atoms with Crippen molar-refractivity contribution in [3.63, 3.8) is 0 Å². The third-order valence-electron chi connectivity index (χ3n) is 6.81. The van der Waals surface area contributed by atoms with Crippen LogP contribution < -0.4 is 16.6 Å². The van der Waals surface area contributed by atoms with E-state index in [1.54, 1.807) is 16.7 Å². The number of anilines is 1. The second kappa shape index (κ2) is 8.68. The SMILES string of the molecule is Cc1ccc(-n2c(=O)c3c(c4cc(C)ccc4n3C)n(CC(=O)Nc3ccc(C)c(C)c3)c2=O)cc1. The molecule has 0 aliphatic rings. The lowest BCUT2D eigenvalue weighted by molar-refractivity contribution is -0.116. The highest BCUT2D eigenvalue weighted by Crippen LogP contribution is 2.27. The number of hydrogen-bond donors (Lipinski definition) is 1. The van der Waals surface area contributed by atoms with Crippen LogP contribution in [0.15, 0.2) is 70.3 Å². The van der Waals surface area contributed by atoms with E-state index in [4.69, 9.17) is 0 Å². The molecule has 5 rings (SSSR count). The van der Waals surface area contributed by atoms with Gasteiger partial charge in [-0.25, -0.2) is 9.36 Å². The van der Waals surface area contributed by atoms with Crippen molar-refractivity contribution in [2.45, 2.75) is 34.2 Å². The normalized spacial score (nSPS) is 11.4. The summed E-state index contributed by atoms with van der Waals surface area (Å²) in [7, 11) is 1.81. The molecule has 1 amide bonds. The molecule has 0 spiro atoms. The van der Waals surface area contributed by atoms with Crippen molar-refractivity contribution in [2.75, 3.05) is 5.32 Å². The topological polar surface area (TPSA) is 78.0 Å². The second-order valence-corrected chi connectivity index (χ2v) is 9.47. The highest BCUT2D eigenvalue weighted by atomic mass is 16.2. The maximum absolute atomic E-state index is 13.9. The second-order valence-electron chi connectivity index (χ2n) is 9.47. The van der Waals surface area contributed by atoms with Gasteiger partial charge in [-0.1, -0.05) is 35.4 Å². The molecule has 0 bridgehead atoms. The van der Waals surface area contributed by atoms with Crippen LogP contribution in [0.1, 0.15) is 22.3 Å². The molecule has 0 saturated carbocycles. The highest BCUT2D eigenvalue weighted by molar-refractivity contribution is 6.06. The van der Waals surface area contributed by atoms with Crippen LogP contribution in [0.2, 0.25) is 0 Å². The molecule has 0 aliphatic carbocycles. The van der Waals surface area contributed by atoms with Crippen LogP contribution >= 0.6 is 0 Å². The van der Waals surface area contributed by atoms with Gasteiger partial charge in [0.25, 0.3) is 5.56 Å². The Bertz CT molecular complexity index is 1790. The van der Waals surface area contributed by atoms with Gasteiger partial charge in [0.05, 0.1) is 16.7 Å². The predicted octanol–water partition coefficient (Wildman–Crippen LogP) is 4.52. The molecule has 0 atom stereocenters. The van der Waals surface area contributed by atoms with E-state index in [1.165, 1.54) is 4.57 Å². The van der Waals surface area contributed by atoms with Gasteiger partial charge in [0.15, 0.2) is 0 Å². The molecule has 182 valence electrons. The first-order chi connectivity index (χ1) is 17.2. The summed E-state index contributed by atoms with van der Waals surface area (Å²) in [5, 5.41) is 3.67. The number of carbonyl (C=O) groups is 1. The van der Waals surface area contributed by atoms with Crippen LogP contribution in [-0.4, -0.2) is 19.6 Å². The van der Waals surface area contributed by atoms with E-state index in [1.807, 2.05) is 83.3 Å². The number of fused-ring (bicyclic) bond motifs is 3. The predicted molar refractivity (Wildman–Crippen MR) is 144 cm³/mol. The van der Waals surface area contributed by atoms with Gasteiger partial charge >= 0.3 is 5.69 Å². The van der Waals surface area contributed by atoms with Crippen LogP contribution in [0.3, 0.4) is 0 Å². The van der Waals surface area contributed by atoms with Crippen LogP contribution in [0.4, 0.5) is 5.69 Å². The van der Waals surface area contributed by atoms with E-state index < -0.39 is 11.2 Å². The highest BCUT2D eigenvalue weighted by Gasteiger charge is 2.22. The first-order valence-electron chi connectivity index (χ1n) is 11.8. The summed E-state index contributed by atoms with van der Waals surface area (Å²) in [4.78, 5) is 40.8. The van der Waals surface area contributed by atoms with E-state index in [-0.39, 0.29) is 12.5 Å². The first kappa shape index (κ1) is 23.4. The van der Waals surface area contributed by atoms with E-state index in [9.17, 15) is 14.4 Å². The molecular weight excluding hydrogens is 452 g/mol. The van der Waals surface area contributed by atoms with Gasteiger partial charge in [-0.2, -0.15) is 0 Å². The van der Waals surface area contributed by atoms with Gasteiger partial charge < -0.3 is 9.88 Å². The lowest BCUT2D eigenvalue weighted by atomic mass is 10.1. The Balaban J connectivity index is 1.75. The van der Waals surface area contributed by atoms with E-state index in [0.29, 0.717) is 22.4 Å². The molecule has 1 N–H and O–H groups in total. The maximum Gasteiger partial charge on any atom is 0.336 e. The number of amides is 1. The Morgan fingerprint density at radius 2 is 1.50 bits per heavy atom. The summed E-state index contributed by atoms with van der Waals surface area (Å²) in [6.07, 6.45) is 0. The molecule has 7 heteroatoms. The number of nitrogens with zero attached hydrogens (tertiary/aromatic N) is 3. The minimum absolute atomic E-state index is 0.235. The quantitative estimate of drug-likeness (QED) is 0.411. The molecule has 0 aliphatic heterocycles. The van der Waals surface area contributed by atoms with Gasteiger partial charge in [0.1, 0.15) is 12.1 Å². The fraction of sp³-hybridized carbons (Fsp3) is 0.207. The van der Waals surface area contributed by atoms with Crippen molar-refractivity contribution < 1.29 is 4.79 Å². The number of aromatic nitrogens is 3. The molecule has 5 aromatic rings. The monoisotopic (exact) mass is 480 g/mol. The standard InChI is InChI=1S/C29H28N4O3/c1-17-6-11-22(12-7-17)33-28(35)27-26(23-14-18(2)8-13-24(23)31(27)5)32(29(33)36)16-25(34)30-21-10-9-19(3)20(4)15-21/h6-15H,16H2,1-5H3,(H,30,34). The van der Waals surface area contributed by atoms with Crippen LogP contribution in [0.25, 0.3) is 27.6 Å². The van der Waals surface area contributed by atoms with E-state index in [2.05, 4.69) is 5.32 Å². The minimum Gasteiger partial charge on any atom is -0.338 e. The van der Waals surface area contributed by atoms with Gasteiger partial charge in [-0.05, 0) is 75.2 Å². The van der Waals surface area contributed by atoms with Gasteiger partial charge in [0.2, 0.25) is 5.91 Å². The summed E-state index contributed by atoms with van der Waals surface area (Å²) in [6, 6.07) is 18.7. The number of hydrogen-bond acceptors (Lipinski definition) is 3. The largest absolute Gasteiger partial charge is 0.338 e. The maximum atomic E-state index is 13.9. The molecule has 3 aromatic carbocycles. The summed E-state index contributed by atoms with van der Waals surface area (Å²) in [5.74, 6) is -0.347. The summed E-state index contributed by atoms with van der Waals surface area (Å²) in [5.41, 5.74) is 6.00. The van der Waals surface area contributed by atoms with Crippen molar-refractivity contribution in [1.29, 1.82) is 0 Å². The van der Waals surface area contributed by atoms with Crippen molar-refractivity contribution in [2.24, 2.45) is 7.05 Å². The van der Waals surface area contributed by atoms with Crippen molar-refractivity contribution in [3.05, 3.63) is 104 Å². The Labute approximate surface area is 208 Å². The Hall–Kier alpha value is -4.39. The Morgan fingerprint density at radius 1 is 0.806 bits per heavy atom.